The average Bonchev–Trinajstić information content (AvgIpc) is 3.13. The molecule has 0 aliphatic heterocycles. The Morgan fingerprint density at radius 3 is 2.67 bits per heavy atom. The Kier molecular flexibility index (Phi) is 7.50. The SMILES string of the molecule is O=C(COc1ccc(Cl)cc1)Nc1nnc(SCCCc2ccccc2)s1. The van der Waals surface area contributed by atoms with Crippen LogP contribution in [0.3, 0.4) is 0 Å². The number of thioether (sulfide) groups is 1. The number of ether oxygens (including phenoxy) is 1. The number of carbonyl (C=O) groups excluding carboxylic acids is 1. The Morgan fingerprint density at radius 2 is 1.89 bits per heavy atom. The van der Waals surface area contributed by atoms with E-state index in [0.29, 0.717) is 15.9 Å². The van der Waals surface area contributed by atoms with Gasteiger partial charge in [0, 0.05) is 10.8 Å². The highest BCUT2D eigenvalue weighted by atomic mass is 35.5. The Morgan fingerprint density at radius 1 is 1.11 bits per heavy atom. The molecule has 5 nitrogen and oxygen atoms in total. The lowest BCUT2D eigenvalue weighted by molar-refractivity contribution is -0.118. The number of nitrogens with one attached hydrogen (secondary N) is 1. The Balaban J connectivity index is 1.37. The summed E-state index contributed by atoms with van der Waals surface area (Å²) in [5, 5.41) is 11.9. The van der Waals surface area contributed by atoms with Crippen molar-refractivity contribution < 1.29 is 9.53 Å². The van der Waals surface area contributed by atoms with Crippen LogP contribution in [0.1, 0.15) is 12.0 Å². The zero-order valence-corrected chi connectivity index (χ0v) is 16.8. The summed E-state index contributed by atoms with van der Waals surface area (Å²) in [6, 6.07) is 17.2. The highest BCUT2D eigenvalue weighted by molar-refractivity contribution is 8.01. The minimum Gasteiger partial charge on any atom is -0.484 e. The summed E-state index contributed by atoms with van der Waals surface area (Å²) >= 11 is 8.83. The lowest BCUT2D eigenvalue weighted by Gasteiger charge is -2.05. The highest BCUT2D eigenvalue weighted by Gasteiger charge is 2.09. The van der Waals surface area contributed by atoms with Crippen LogP contribution in [0.2, 0.25) is 5.02 Å². The molecule has 0 saturated heterocycles. The number of carbonyl (C=O) groups is 1. The first kappa shape index (κ1) is 19.7. The van der Waals surface area contributed by atoms with Gasteiger partial charge < -0.3 is 4.74 Å². The number of rotatable bonds is 9. The van der Waals surface area contributed by atoms with Gasteiger partial charge in [-0.3, -0.25) is 10.1 Å². The average molecular weight is 420 g/mol. The van der Waals surface area contributed by atoms with Crippen molar-refractivity contribution in [3.8, 4) is 5.75 Å². The number of anilines is 1. The maximum absolute atomic E-state index is 11.9. The summed E-state index contributed by atoms with van der Waals surface area (Å²) in [6.45, 7) is -0.0965. The van der Waals surface area contributed by atoms with E-state index < -0.39 is 0 Å². The molecule has 0 radical (unpaired) electrons. The van der Waals surface area contributed by atoms with Crippen molar-refractivity contribution in [2.45, 2.75) is 17.2 Å². The number of benzene rings is 2. The van der Waals surface area contributed by atoms with Gasteiger partial charge in [0.1, 0.15) is 5.75 Å². The van der Waals surface area contributed by atoms with Gasteiger partial charge in [0.05, 0.1) is 0 Å². The number of amides is 1. The molecule has 1 amide bonds. The molecule has 0 saturated carbocycles. The number of hydrogen-bond donors (Lipinski definition) is 1. The molecule has 2 aromatic carbocycles. The highest BCUT2D eigenvalue weighted by Crippen LogP contribution is 2.26. The van der Waals surface area contributed by atoms with Crippen LogP contribution in [0, 0.1) is 0 Å². The van der Waals surface area contributed by atoms with Crippen molar-refractivity contribution >= 4 is 45.7 Å². The van der Waals surface area contributed by atoms with E-state index in [9.17, 15) is 4.79 Å². The fraction of sp³-hybridized carbons (Fsp3) is 0.211. The minimum absolute atomic E-state index is 0.0965. The second-order valence-electron chi connectivity index (χ2n) is 5.60. The van der Waals surface area contributed by atoms with Crippen molar-refractivity contribution in [1.82, 2.24) is 10.2 Å². The van der Waals surface area contributed by atoms with Crippen LogP contribution in [-0.4, -0.2) is 28.5 Å². The van der Waals surface area contributed by atoms with Gasteiger partial charge in [-0.2, -0.15) is 0 Å². The normalized spacial score (nSPS) is 10.6. The molecule has 3 rings (SSSR count). The van der Waals surface area contributed by atoms with Crippen molar-refractivity contribution in [1.29, 1.82) is 0 Å². The summed E-state index contributed by atoms with van der Waals surface area (Å²) in [4.78, 5) is 11.9. The molecule has 3 aromatic rings. The summed E-state index contributed by atoms with van der Waals surface area (Å²) < 4.78 is 6.25. The minimum atomic E-state index is -0.276. The van der Waals surface area contributed by atoms with Crippen LogP contribution >= 0.6 is 34.7 Å². The molecule has 0 unspecified atom stereocenters. The van der Waals surface area contributed by atoms with Crippen molar-refractivity contribution in [3.63, 3.8) is 0 Å². The third kappa shape index (κ3) is 6.86. The van der Waals surface area contributed by atoms with Crippen LogP contribution in [0.5, 0.6) is 5.75 Å². The molecule has 1 aromatic heterocycles. The molecule has 0 atom stereocenters. The Hall–Kier alpha value is -2.09. The Labute approximate surface area is 171 Å². The largest absolute Gasteiger partial charge is 0.484 e. The van der Waals surface area contributed by atoms with E-state index in [1.807, 2.05) is 6.07 Å². The molecule has 1 heterocycles. The van der Waals surface area contributed by atoms with Gasteiger partial charge in [-0.15, -0.1) is 10.2 Å². The van der Waals surface area contributed by atoms with Crippen molar-refractivity contribution in [3.05, 3.63) is 65.2 Å². The maximum Gasteiger partial charge on any atom is 0.264 e. The van der Waals surface area contributed by atoms with Gasteiger partial charge in [0.15, 0.2) is 10.9 Å². The van der Waals surface area contributed by atoms with Gasteiger partial charge in [0.2, 0.25) is 5.13 Å². The summed E-state index contributed by atoms with van der Waals surface area (Å²) in [6.07, 6.45) is 2.10. The molecule has 0 fully saturated rings. The lowest BCUT2D eigenvalue weighted by Crippen LogP contribution is -2.20. The first-order valence-corrected chi connectivity index (χ1v) is 10.6. The van der Waals surface area contributed by atoms with E-state index in [-0.39, 0.29) is 12.5 Å². The van der Waals surface area contributed by atoms with E-state index in [4.69, 9.17) is 16.3 Å². The smallest absolute Gasteiger partial charge is 0.264 e. The number of aryl methyl sites for hydroxylation is 1. The van der Waals surface area contributed by atoms with Crippen LogP contribution in [0.15, 0.2) is 58.9 Å². The molecule has 0 aliphatic carbocycles. The van der Waals surface area contributed by atoms with Crippen LogP contribution in [0.4, 0.5) is 5.13 Å². The van der Waals surface area contributed by atoms with Gasteiger partial charge in [-0.25, -0.2) is 0 Å². The van der Waals surface area contributed by atoms with Crippen molar-refractivity contribution in [2.75, 3.05) is 17.7 Å². The quantitative estimate of drug-likeness (QED) is 0.302. The predicted octanol–water partition coefficient (Wildman–Crippen LogP) is 4.93. The monoisotopic (exact) mass is 419 g/mol. The second-order valence-corrected chi connectivity index (χ2v) is 8.36. The number of aromatic nitrogens is 2. The third-order valence-corrected chi connectivity index (χ3v) is 5.82. The third-order valence-electron chi connectivity index (χ3n) is 3.51. The van der Waals surface area contributed by atoms with Crippen LogP contribution < -0.4 is 10.1 Å². The molecule has 140 valence electrons. The van der Waals surface area contributed by atoms with E-state index in [1.165, 1.54) is 16.9 Å². The first-order chi connectivity index (χ1) is 13.2. The van der Waals surface area contributed by atoms with Gasteiger partial charge in [0.25, 0.3) is 5.91 Å². The standard InChI is InChI=1S/C19H18ClN3O2S2/c20-15-8-10-16(11-9-15)25-13-17(24)21-18-22-23-19(27-18)26-12-4-7-14-5-2-1-3-6-14/h1-3,5-6,8-11H,4,7,12-13H2,(H,21,22,24). The van der Waals surface area contributed by atoms with E-state index >= 15 is 0 Å². The Bertz CT molecular complexity index is 857. The zero-order chi connectivity index (χ0) is 18.9. The summed E-state index contributed by atoms with van der Waals surface area (Å²) in [5.41, 5.74) is 1.34. The summed E-state index contributed by atoms with van der Waals surface area (Å²) in [7, 11) is 0. The lowest BCUT2D eigenvalue weighted by atomic mass is 10.1. The number of halogens is 1. The second kappa shape index (κ2) is 10.3. The first-order valence-electron chi connectivity index (χ1n) is 8.37. The maximum atomic E-state index is 11.9. The van der Waals surface area contributed by atoms with Crippen LogP contribution in [0.25, 0.3) is 0 Å². The fourth-order valence-electron chi connectivity index (χ4n) is 2.23. The number of hydrogen-bond acceptors (Lipinski definition) is 6. The molecule has 1 N–H and O–H groups in total. The van der Waals surface area contributed by atoms with Crippen LogP contribution in [-0.2, 0) is 11.2 Å². The van der Waals surface area contributed by atoms with E-state index in [2.05, 4.69) is 39.8 Å². The zero-order valence-electron chi connectivity index (χ0n) is 14.4. The van der Waals surface area contributed by atoms with Gasteiger partial charge >= 0.3 is 0 Å². The van der Waals surface area contributed by atoms with Gasteiger partial charge in [-0.05, 0) is 42.7 Å². The van der Waals surface area contributed by atoms with Gasteiger partial charge in [-0.1, -0.05) is 65.0 Å². The molecular formula is C19H18ClN3O2S2. The van der Waals surface area contributed by atoms with E-state index in [0.717, 1.165) is 22.9 Å². The van der Waals surface area contributed by atoms with E-state index in [1.54, 1.807) is 36.0 Å². The molecule has 0 aliphatic rings. The molecular weight excluding hydrogens is 402 g/mol. The molecule has 27 heavy (non-hydrogen) atoms. The fourth-order valence-corrected chi connectivity index (χ4v) is 4.14. The van der Waals surface area contributed by atoms with Crippen molar-refractivity contribution in [2.24, 2.45) is 0 Å². The molecule has 0 spiro atoms. The topological polar surface area (TPSA) is 64.1 Å². The summed E-state index contributed by atoms with van der Waals surface area (Å²) in [5.74, 6) is 1.26. The molecule has 0 bridgehead atoms. The molecule has 8 heteroatoms. The number of nitrogens with zero attached hydrogens (tertiary/aromatic N) is 2. The predicted molar refractivity (Wildman–Crippen MR) is 111 cm³/mol.